The van der Waals surface area contributed by atoms with Gasteiger partial charge < -0.3 is 5.11 Å². The average Bonchev–Trinajstić information content (AvgIpc) is 2.47. The molecular weight excluding hydrogens is 333 g/mol. The lowest BCUT2D eigenvalue weighted by atomic mass is 10.0. The second kappa shape index (κ2) is 7.00. The Balaban J connectivity index is 2.47. The molecule has 0 unspecified atom stereocenters. The van der Waals surface area contributed by atoms with Gasteiger partial charge in [-0.1, -0.05) is 29.8 Å². The molecule has 2 aromatic rings. The number of aliphatic carboxylic acids is 1. The van der Waals surface area contributed by atoms with E-state index in [1.54, 1.807) is 18.2 Å². The zero-order chi connectivity index (χ0) is 17.9. The summed E-state index contributed by atoms with van der Waals surface area (Å²) in [7, 11) is -3.88. The number of carboxylic acid groups (broad SMARTS) is 1. The maximum atomic E-state index is 13.1. The third kappa shape index (κ3) is 4.32. The van der Waals surface area contributed by atoms with Crippen LogP contribution in [0.5, 0.6) is 0 Å². The first-order valence-corrected chi connectivity index (χ1v) is 9.06. The van der Waals surface area contributed by atoms with Crippen LogP contribution in [0.1, 0.15) is 11.1 Å². The number of rotatable bonds is 6. The first-order chi connectivity index (χ1) is 11.2. The second-order valence-corrected chi connectivity index (χ2v) is 7.44. The minimum atomic E-state index is -3.88. The minimum Gasteiger partial charge on any atom is -0.480 e. The Bertz CT molecular complexity index is 834. The van der Waals surface area contributed by atoms with E-state index in [4.69, 9.17) is 0 Å². The normalized spacial score (nSPS) is 12.6. The molecule has 0 spiro atoms. The topological polar surface area (TPSA) is 74.7 Å². The Labute approximate surface area is 140 Å². The van der Waals surface area contributed by atoms with Gasteiger partial charge in [-0.15, -0.1) is 0 Å². The number of anilines is 1. The molecule has 24 heavy (non-hydrogen) atoms. The molecule has 0 aromatic heterocycles. The number of aryl methyl sites for hydroxylation is 1. The summed E-state index contributed by atoms with van der Waals surface area (Å²) in [5.74, 6) is -1.80. The van der Waals surface area contributed by atoms with E-state index >= 15 is 0 Å². The zero-order valence-electron chi connectivity index (χ0n) is 13.3. The summed E-state index contributed by atoms with van der Waals surface area (Å²) in [6.07, 6.45) is 0.935. The molecule has 0 bridgehead atoms. The quantitative estimate of drug-likeness (QED) is 0.868. The Kier molecular flexibility index (Phi) is 5.23. The fourth-order valence-electron chi connectivity index (χ4n) is 2.52. The number of sulfonamides is 1. The van der Waals surface area contributed by atoms with E-state index in [0.717, 1.165) is 28.3 Å². The van der Waals surface area contributed by atoms with Crippen molar-refractivity contribution in [3.63, 3.8) is 0 Å². The minimum absolute atomic E-state index is 0.00145. The molecule has 0 radical (unpaired) electrons. The summed E-state index contributed by atoms with van der Waals surface area (Å²) in [6, 6.07) is 10.6. The second-order valence-electron chi connectivity index (χ2n) is 5.58. The fraction of sp³-hybridized carbons (Fsp3) is 0.235. The summed E-state index contributed by atoms with van der Waals surface area (Å²) in [5.41, 5.74) is 1.77. The van der Waals surface area contributed by atoms with Crippen LogP contribution in [0.2, 0.25) is 0 Å². The highest BCUT2D eigenvalue weighted by Crippen LogP contribution is 2.23. The van der Waals surface area contributed by atoms with Gasteiger partial charge in [0, 0.05) is 6.42 Å². The third-order valence-electron chi connectivity index (χ3n) is 3.52. The van der Waals surface area contributed by atoms with Gasteiger partial charge in [0.25, 0.3) is 0 Å². The summed E-state index contributed by atoms with van der Waals surface area (Å²) in [4.78, 5) is 11.7. The number of benzene rings is 2. The van der Waals surface area contributed by atoms with Crippen molar-refractivity contribution in [1.82, 2.24) is 0 Å². The standard InChI is InChI=1S/C17H18FNO4S/c1-12-4-3-5-13(10-12)11-16(17(20)21)19(24(2,22)23)15-8-6-14(18)7-9-15/h3-10,16H,11H2,1-2H3,(H,20,21)/t16-/m1/s1. The number of hydrogen-bond acceptors (Lipinski definition) is 3. The smallest absolute Gasteiger partial charge is 0.327 e. The molecule has 128 valence electrons. The van der Waals surface area contributed by atoms with Crippen molar-refractivity contribution in [3.05, 3.63) is 65.5 Å². The van der Waals surface area contributed by atoms with Gasteiger partial charge in [-0.05, 0) is 36.8 Å². The number of halogens is 1. The van der Waals surface area contributed by atoms with Crippen molar-refractivity contribution < 1.29 is 22.7 Å². The Morgan fingerprint density at radius 2 is 1.83 bits per heavy atom. The van der Waals surface area contributed by atoms with Gasteiger partial charge >= 0.3 is 5.97 Å². The maximum absolute atomic E-state index is 13.1. The molecule has 0 heterocycles. The van der Waals surface area contributed by atoms with Crippen molar-refractivity contribution in [2.45, 2.75) is 19.4 Å². The first kappa shape index (κ1) is 17.9. The van der Waals surface area contributed by atoms with Gasteiger partial charge in [0.2, 0.25) is 10.0 Å². The van der Waals surface area contributed by atoms with Crippen LogP contribution in [0.4, 0.5) is 10.1 Å². The first-order valence-electron chi connectivity index (χ1n) is 7.22. The van der Waals surface area contributed by atoms with Gasteiger partial charge in [-0.3, -0.25) is 4.31 Å². The molecule has 0 aliphatic carbocycles. The Morgan fingerprint density at radius 1 is 1.21 bits per heavy atom. The third-order valence-corrected chi connectivity index (χ3v) is 4.70. The summed E-state index contributed by atoms with van der Waals surface area (Å²) in [6.45, 7) is 1.87. The SMILES string of the molecule is Cc1cccc(C[C@H](C(=O)O)N(c2ccc(F)cc2)S(C)(=O)=O)c1. The molecule has 5 nitrogen and oxygen atoms in total. The van der Waals surface area contributed by atoms with E-state index in [2.05, 4.69) is 0 Å². The van der Waals surface area contributed by atoms with Crippen LogP contribution in [0.25, 0.3) is 0 Å². The highest BCUT2D eigenvalue weighted by molar-refractivity contribution is 7.92. The van der Waals surface area contributed by atoms with E-state index in [1.165, 1.54) is 12.1 Å². The predicted octanol–water partition coefficient (Wildman–Crippen LogP) is 2.60. The molecule has 1 N–H and O–H groups in total. The van der Waals surface area contributed by atoms with Crippen molar-refractivity contribution in [1.29, 1.82) is 0 Å². The van der Waals surface area contributed by atoms with Crippen molar-refractivity contribution >= 4 is 21.7 Å². The summed E-state index contributed by atoms with van der Waals surface area (Å²) < 4.78 is 38.3. The molecule has 7 heteroatoms. The van der Waals surface area contributed by atoms with Gasteiger partial charge in [-0.25, -0.2) is 17.6 Å². The molecule has 0 saturated carbocycles. The van der Waals surface area contributed by atoms with Crippen LogP contribution in [0, 0.1) is 12.7 Å². The highest BCUT2D eigenvalue weighted by Gasteiger charge is 2.32. The molecule has 0 fully saturated rings. The molecular formula is C17H18FNO4S. The van der Waals surface area contributed by atoms with Crippen LogP contribution in [-0.2, 0) is 21.2 Å². The Morgan fingerprint density at radius 3 is 2.33 bits per heavy atom. The van der Waals surface area contributed by atoms with Crippen molar-refractivity contribution in [2.75, 3.05) is 10.6 Å². The van der Waals surface area contributed by atoms with Gasteiger partial charge in [0.05, 0.1) is 11.9 Å². The fourth-order valence-corrected chi connectivity index (χ4v) is 3.66. The maximum Gasteiger partial charge on any atom is 0.327 e. The number of hydrogen-bond donors (Lipinski definition) is 1. The molecule has 1 atom stereocenters. The predicted molar refractivity (Wildman–Crippen MR) is 90.0 cm³/mol. The van der Waals surface area contributed by atoms with Crippen LogP contribution in [-0.4, -0.2) is 31.8 Å². The summed E-state index contributed by atoms with van der Waals surface area (Å²) in [5, 5.41) is 9.57. The highest BCUT2D eigenvalue weighted by atomic mass is 32.2. The molecule has 0 amide bonds. The van der Waals surface area contributed by atoms with E-state index in [9.17, 15) is 22.7 Å². The molecule has 0 aliphatic heterocycles. The van der Waals surface area contributed by atoms with Crippen molar-refractivity contribution in [2.24, 2.45) is 0 Å². The van der Waals surface area contributed by atoms with Gasteiger partial charge in [0.15, 0.2) is 0 Å². The van der Waals surface area contributed by atoms with Gasteiger partial charge in [0.1, 0.15) is 11.9 Å². The van der Waals surface area contributed by atoms with E-state index in [1.807, 2.05) is 13.0 Å². The van der Waals surface area contributed by atoms with Gasteiger partial charge in [-0.2, -0.15) is 0 Å². The summed E-state index contributed by atoms with van der Waals surface area (Å²) >= 11 is 0. The Hall–Kier alpha value is -2.41. The number of carbonyl (C=O) groups is 1. The molecule has 0 aliphatic rings. The average molecular weight is 351 g/mol. The molecule has 2 aromatic carbocycles. The van der Waals surface area contributed by atoms with E-state index in [0.29, 0.717) is 5.56 Å². The number of nitrogens with zero attached hydrogens (tertiary/aromatic N) is 1. The zero-order valence-corrected chi connectivity index (χ0v) is 14.1. The lowest BCUT2D eigenvalue weighted by Crippen LogP contribution is -2.46. The van der Waals surface area contributed by atoms with Crippen LogP contribution in [0.3, 0.4) is 0 Å². The molecule has 0 saturated heterocycles. The van der Waals surface area contributed by atoms with E-state index < -0.39 is 27.9 Å². The monoisotopic (exact) mass is 351 g/mol. The lowest BCUT2D eigenvalue weighted by Gasteiger charge is -2.29. The van der Waals surface area contributed by atoms with E-state index in [-0.39, 0.29) is 12.1 Å². The molecule has 2 rings (SSSR count). The lowest BCUT2D eigenvalue weighted by molar-refractivity contribution is -0.138. The van der Waals surface area contributed by atoms with Crippen LogP contribution < -0.4 is 4.31 Å². The number of carboxylic acids is 1. The van der Waals surface area contributed by atoms with Crippen LogP contribution in [0.15, 0.2) is 48.5 Å². The van der Waals surface area contributed by atoms with Crippen LogP contribution >= 0.6 is 0 Å². The largest absolute Gasteiger partial charge is 0.480 e. The van der Waals surface area contributed by atoms with Crippen molar-refractivity contribution in [3.8, 4) is 0 Å².